The predicted octanol–water partition coefficient (Wildman–Crippen LogP) is 5.53. The molecule has 2 aromatic rings. The summed E-state index contributed by atoms with van der Waals surface area (Å²) in [5.41, 5.74) is 2.48. The molecule has 0 heterocycles. The van der Waals surface area contributed by atoms with Crippen molar-refractivity contribution in [2.24, 2.45) is 0 Å². The molecule has 0 fully saturated rings. The van der Waals surface area contributed by atoms with Crippen molar-refractivity contribution in [1.29, 1.82) is 0 Å². The van der Waals surface area contributed by atoms with Crippen molar-refractivity contribution in [3.8, 4) is 11.1 Å². The van der Waals surface area contributed by atoms with Crippen LogP contribution < -0.4 is 0 Å². The molecule has 0 saturated heterocycles. The van der Waals surface area contributed by atoms with E-state index in [2.05, 4.69) is 66.2 Å². The van der Waals surface area contributed by atoms with Crippen LogP contribution in [0.4, 0.5) is 0 Å². The largest absolute Gasteiger partial charge is 0.0656 e. The van der Waals surface area contributed by atoms with Crippen molar-refractivity contribution in [3.05, 3.63) is 59.1 Å². The zero-order chi connectivity index (χ0) is 11.8. The van der Waals surface area contributed by atoms with E-state index in [9.17, 15) is 0 Å². The molecule has 2 rings (SSSR count). The molecule has 84 valence electrons. The molecule has 0 nitrogen and oxygen atoms in total. The highest BCUT2D eigenvalue weighted by molar-refractivity contribution is 9.10. The topological polar surface area (TPSA) is 0 Å². The fourth-order valence-corrected chi connectivity index (χ4v) is 1.83. The SMILES string of the molecule is Brc1ccccc1-c1ccccc1.CCC. The van der Waals surface area contributed by atoms with E-state index in [1.165, 1.54) is 17.5 Å². The quantitative estimate of drug-likeness (QED) is 0.642. The van der Waals surface area contributed by atoms with Crippen LogP contribution in [0.5, 0.6) is 0 Å². The van der Waals surface area contributed by atoms with Crippen LogP contribution in [0.15, 0.2) is 59.1 Å². The molecular formula is C15H17Br. The Balaban J connectivity index is 0.000000386. The lowest BCUT2D eigenvalue weighted by Gasteiger charge is -2.02. The van der Waals surface area contributed by atoms with Gasteiger partial charge in [0.05, 0.1) is 0 Å². The van der Waals surface area contributed by atoms with Crippen LogP contribution in [0.3, 0.4) is 0 Å². The Kier molecular flexibility index (Phi) is 5.87. The normalized spacial score (nSPS) is 9.19. The van der Waals surface area contributed by atoms with Gasteiger partial charge in [-0.15, -0.1) is 0 Å². The number of halogens is 1. The smallest absolute Gasteiger partial charge is 0.0253 e. The Morgan fingerprint density at radius 3 is 1.88 bits per heavy atom. The second-order valence-electron chi connectivity index (χ2n) is 3.55. The summed E-state index contributed by atoms with van der Waals surface area (Å²) < 4.78 is 1.14. The second-order valence-corrected chi connectivity index (χ2v) is 4.41. The molecule has 16 heavy (non-hydrogen) atoms. The molecule has 0 amide bonds. The second kappa shape index (κ2) is 7.24. The van der Waals surface area contributed by atoms with E-state index < -0.39 is 0 Å². The summed E-state index contributed by atoms with van der Waals surface area (Å²) in [4.78, 5) is 0. The van der Waals surface area contributed by atoms with Gasteiger partial charge in [0, 0.05) is 4.47 Å². The van der Waals surface area contributed by atoms with Crippen LogP contribution in [-0.2, 0) is 0 Å². The summed E-state index contributed by atoms with van der Waals surface area (Å²) in [7, 11) is 0. The first kappa shape index (κ1) is 13.0. The molecule has 0 atom stereocenters. The summed E-state index contributed by atoms with van der Waals surface area (Å²) in [6.45, 7) is 4.25. The van der Waals surface area contributed by atoms with Gasteiger partial charge in [-0.3, -0.25) is 0 Å². The summed E-state index contributed by atoms with van der Waals surface area (Å²) in [5, 5.41) is 0. The molecule has 1 heteroatoms. The molecule has 0 aromatic heterocycles. The van der Waals surface area contributed by atoms with Gasteiger partial charge in [0.2, 0.25) is 0 Å². The lowest BCUT2D eigenvalue weighted by atomic mass is 10.1. The van der Waals surface area contributed by atoms with Crippen LogP contribution in [0.1, 0.15) is 20.3 Å². The van der Waals surface area contributed by atoms with Crippen molar-refractivity contribution in [2.45, 2.75) is 20.3 Å². The Morgan fingerprint density at radius 2 is 1.31 bits per heavy atom. The van der Waals surface area contributed by atoms with E-state index >= 15 is 0 Å². The molecule has 0 saturated carbocycles. The fourth-order valence-electron chi connectivity index (χ4n) is 1.31. The van der Waals surface area contributed by atoms with Gasteiger partial charge < -0.3 is 0 Å². The third kappa shape index (κ3) is 3.82. The average molecular weight is 277 g/mol. The molecule has 0 aliphatic carbocycles. The monoisotopic (exact) mass is 276 g/mol. The Morgan fingerprint density at radius 1 is 0.812 bits per heavy atom. The standard InChI is InChI=1S/C12H9Br.C3H8/c13-12-9-5-4-8-11(12)10-6-2-1-3-7-10;1-3-2/h1-9H;3H2,1-2H3. The van der Waals surface area contributed by atoms with Crippen molar-refractivity contribution in [1.82, 2.24) is 0 Å². The third-order valence-corrected chi connectivity index (χ3v) is 2.65. The maximum absolute atomic E-state index is 3.53. The van der Waals surface area contributed by atoms with Crippen LogP contribution in [0.2, 0.25) is 0 Å². The number of hydrogen-bond acceptors (Lipinski definition) is 0. The molecule has 0 spiro atoms. The summed E-state index contributed by atoms with van der Waals surface area (Å²) in [6.07, 6.45) is 1.25. The number of hydrogen-bond donors (Lipinski definition) is 0. The molecule has 0 radical (unpaired) electrons. The first-order valence-electron chi connectivity index (χ1n) is 5.59. The van der Waals surface area contributed by atoms with Gasteiger partial charge in [-0.05, 0) is 17.2 Å². The Labute approximate surface area is 106 Å². The highest BCUT2D eigenvalue weighted by Crippen LogP contribution is 2.27. The van der Waals surface area contributed by atoms with E-state index in [0.29, 0.717) is 0 Å². The van der Waals surface area contributed by atoms with Crippen LogP contribution >= 0.6 is 15.9 Å². The van der Waals surface area contributed by atoms with Gasteiger partial charge in [0.15, 0.2) is 0 Å². The number of rotatable bonds is 1. The predicted molar refractivity (Wildman–Crippen MR) is 75.5 cm³/mol. The summed E-state index contributed by atoms with van der Waals surface area (Å²) in [5.74, 6) is 0. The van der Waals surface area contributed by atoms with Crippen LogP contribution in [0, 0.1) is 0 Å². The van der Waals surface area contributed by atoms with E-state index in [0.717, 1.165) is 4.47 Å². The lowest BCUT2D eigenvalue weighted by Crippen LogP contribution is -1.77. The zero-order valence-corrected chi connectivity index (χ0v) is 11.4. The molecule has 0 aliphatic rings. The Bertz CT molecular complexity index is 407. The molecule has 0 N–H and O–H groups in total. The molecule has 0 unspecified atom stereocenters. The minimum atomic E-state index is 1.14. The fraction of sp³-hybridized carbons (Fsp3) is 0.200. The van der Waals surface area contributed by atoms with Gasteiger partial charge >= 0.3 is 0 Å². The molecule has 0 bridgehead atoms. The minimum Gasteiger partial charge on any atom is -0.0656 e. The van der Waals surface area contributed by atoms with Crippen LogP contribution in [0.25, 0.3) is 11.1 Å². The highest BCUT2D eigenvalue weighted by atomic mass is 79.9. The molecular weight excluding hydrogens is 260 g/mol. The summed E-state index contributed by atoms with van der Waals surface area (Å²) in [6, 6.07) is 18.6. The average Bonchev–Trinajstić information content (AvgIpc) is 2.32. The maximum atomic E-state index is 3.53. The van der Waals surface area contributed by atoms with Gasteiger partial charge in [0.25, 0.3) is 0 Å². The van der Waals surface area contributed by atoms with E-state index in [4.69, 9.17) is 0 Å². The highest BCUT2D eigenvalue weighted by Gasteiger charge is 1.99. The van der Waals surface area contributed by atoms with E-state index in [1.807, 2.05) is 18.2 Å². The van der Waals surface area contributed by atoms with E-state index in [1.54, 1.807) is 0 Å². The zero-order valence-electron chi connectivity index (χ0n) is 9.78. The van der Waals surface area contributed by atoms with Crippen molar-refractivity contribution in [3.63, 3.8) is 0 Å². The van der Waals surface area contributed by atoms with Crippen molar-refractivity contribution >= 4 is 15.9 Å². The van der Waals surface area contributed by atoms with Crippen LogP contribution in [-0.4, -0.2) is 0 Å². The first-order valence-corrected chi connectivity index (χ1v) is 6.38. The van der Waals surface area contributed by atoms with Gasteiger partial charge in [0.1, 0.15) is 0 Å². The first-order chi connectivity index (χ1) is 7.79. The molecule has 0 aliphatic heterocycles. The van der Waals surface area contributed by atoms with Gasteiger partial charge in [-0.2, -0.15) is 0 Å². The van der Waals surface area contributed by atoms with Crippen molar-refractivity contribution < 1.29 is 0 Å². The van der Waals surface area contributed by atoms with E-state index in [-0.39, 0.29) is 0 Å². The summed E-state index contributed by atoms with van der Waals surface area (Å²) >= 11 is 3.53. The molecule has 2 aromatic carbocycles. The Hall–Kier alpha value is -1.08. The minimum absolute atomic E-state index is 1.14. The number of benzene rings is 2. The third-order valence-electron chi connectivity index (χ3n) is 1.96. The maximum Gasteiger partial charge on any atom is 0.0253 e. The van der Waals surface area contributed by atoms with Crippen molar-refractivity contribution in [2.75, 3.05) is 0 Å². The van der Waals surface area contributed by atoms with Gasteiger partial charge in [-0.1, -0.05) is 84.7 Å². The lowest BCUT2D eigenvalue weighted by molar-refractivity contribution is 1.09. The van der Waals surface area contributed by atoms with Gasteiger partial charge in [-0.25, -0.2) is 0 Å².